The van der Waals surface area contributed by atoms with Crippen molar-refractivity contribution in [3.8, 4) is 0 Å². The van der Waals surface area contributed by atoms with Crippen molar-refractivity contribution in [2.45, 2.75) is 39.7 Å². The van der Waals surface area contributed by atoms with Gasteiger partial charge in [-0.25, -0.2) is 4.79 Å². The molecule has 0 aliphatic heterocycles. The lowest BCUT2D eigenvalue weighted by atomic mass is 10.0. The van der Waals surface area contributed by atoms with Crippen molar-refractivity contribution in [3.63, 3.8) is 0 Å². The van der Waals surface area contributed by atoms with Gasteiger partial charge in [-0.3, -0.25) is 0 Å². The Kier molecular flexibility index (Phi) is 4.57. The molecule has 0 aliphatic rings. The number of halogens is 1. The maximum atomic E-state index is 11.3. The van der Waals surface area contributed by atoms with Crippen LogP contribution in [0.15, 0.2) is 17.1 Å². The van der Waals surface area contributed by atoms with E-state index in [1.807, 2.05) is 11.5 Å². The van der Waals surface area contributed by atoms with Crippen LogP contribution in [0, 0.1) is 6.92 Å². The van der Waals surface area contributed by atoms with E-state index in [0.717, 1.165) is 17.8 Å². The van der Waals surface area contributed by atoms with Crippen molar-refractivity contribution in [1.82, 2.24) is 4.57 Å². The van der Waals surface area contributed by atoms with Gasteiger partial charge in [0, 0.05) is 17.9 Å². The molecular weight excluding hydrogens is 282 g/mol. The first kappa shape index (κ1) is 14.0. The number of nitrogens with zero attached hydrogens (tertiary/aromatic N) is 1. The molecule has 1 rings (SSSR count). The van der Waals surface area contributed by atoms with E-state index in [9.17, 15) is 9.90 Å². The summed E-state index contributed by atoms with van der Waals surface area (Å²) in [6.07, 6.45) is 2.76. The lowest BCUT2D eigenvalue weighted by Gasteiger charge is -2.14. The predicted molar refractivity (Wildman–Crippen MR) is 72.7 cm³/mol. The molecule has 0 fully saturated rings. The molecule has 1 aromatic rings. The van der Waals surface area contributed by atoms with Gasteiger partial charge in [0.05, 0.1) is 10.0 Å². The Labute approximate surface area is 110 Å². The number of carbonyl (C=O) groups is 1. The summed E-state index contributed by atoms with van der Waals surface area (Å²) in [5.41, 5.74) is 2.18. The predicted octanol–water partition coefficient (Wildman–Crippen LogP) is 3.96. The molecular formula is C13H18BrNO2. The van der Waals surface area contributed by atoms with Crippen LogP contribution < -0.4 is 0 Å². The lowest BCUT2D eigenvalue weighted by molar-refractivity contribution is 0.0695. The van der Waals surface area contributed by atoms with Crippen molar-refractivity contribution in [2.75, 3.05) is 0 Å². The van der Waals surface area contributed by atoms with Gasteiger partial charge in [-0.15, -0.1) is 6.58 Å². The van der Waals surface area contributed by atoms with Crippen molar-refractivity contribution in [3.05, 3.63) is 34.1 Å². The Bertz CT molecular complexity index is 449. The second-order valence-electron chi connectivity index (χ2n) is 4.17. The van der Waals surface area contributed by atoms with Gasteiger partial charge >= 0.3 is 5.97 Å². The van der Waals surface area contributed by atoms with Crippen molar-refractivity contribution < 1.29 is 9.90 Å². The maximum absolute atomic E-state index is 11.3. The van der Waals surface area contributed by atoms with Crippen LogP contribution in [0.3, 0.4) is 0 Å². The fraction of sp³-hybridized carbons (Fsp3) is 0.462. The molecule has 0 aromatic carbocycles. The highest BCUT2D eigenvalue weighted by Crippen LogP contribution is 2.34. The molecule has 0 saturated heterocycles. The zero-order chi connectivity index (χ0) is 13.2. The molecule has 1 heterocycles. The minimum atomic E-state index is -0.887. The first-order valence-electron chi connectivity index (χ1n) is 5.68. The fourth-order valence-corrected chi connectivity index (χ4v) is 3.07. The number of rotatable bonds is 5. The monoisotopic (exact) mass is 299 g/mol. The van der Waals surface area contributed by atoms with Crippen LogP contribution in [0.4, 0.5) is 0 Å². The average molecular weight is 300 g/mol. The summed E-state index contributed by atoms with van der Waals surface area (Å²) in [5, 5.41) is 9.24. The summed E-state index contributed by atoms with van der Waals surface area (Å²) in [5.74, 6) is -0.571. The first-order valence-corrected chi connectivity index (χ1v) is 6.47. The van der Waals surface area contributed by atoms with Crippen LogP contribution in [-0.2, 0) is 6.54 Å². The van der Waals surface area contributed by atoms with E-state index in [0.29, 0.717) is 22.5 Å². The number of hydrogen-bond donors (Lipinski definition) is 1. The highest BCUT2D eigenvalue weighted by atomic mass is 79.9. The molecule has 4 heteroatoms. The van der Waals surface area contributed by atoms with Crippen LogP contribution in [0.1, 0.15) is 47.9 Å². The van der Waals surface area contributed by atoms with Gasteiger partial charge in [-0.2, -0.15) is 0 Å². The van der Waals surface area contributed by atoms with Crippen LogP contribution in [0.5, 0.6) is 0 Å². The number of aromatic nitrogens is 1. The van der Waals surface area contributed by atoms with Crippen LogP contribution >= 0.6 is 15.9 Å². The van der Waals surface area contributed by atoms with Crippen molar-refractivity contribution in [1.29, 1.82) is 0 Å². The zero-order valence-electron chi connectivity index (χ0n) is 10.5. The van der Waals surface area contributed by atoms with Crippen molar-refractivity contribution in [2.24, 2.45) is 0 Å². The average Bonchev–Trinajstić information content (AvgIpc) is 2.50. The highest BCUT2D eigenvalue weighted by Gasteiger charge is 2.24. The zero-order valence-corrected chi connectivity index (χ0v) is 12.0. The summed E-state index contributed by atoms with van der Waals surface area (Å²) < 4.78 is 2.73. The fourth-order valence-electron chi connectivity index (χ4n) is 2.01. The Morgan fingerprint density at radius 2 is 2.24 bits per heavy atom. The number of carboxylic acids is 1. The Balaban J connectivity index is 3.50. The smallest absolute Gasteiger partial charge is 0.338 e. The van der Waals surface area contributed by atoms with E-state index in [1.165, 1.54) is 0 Å². The summed E-state index contributed by atoms with van der Waals surface area (Å²) >= 11 is 3.43. The maximum Gasteiger partial charge on any atom is 0.338 e. The second kappa shape index (κ2) is 5.54. The molecule has 1 aromatic heterocycles. The summed E-state index contributed by atoms with van der Waals surface area (Å²) in [6.45, 7) is 10.4. The van der Waals surface area contributed by atoms with E-state index in [-0.39, 0.29) is 0 Å². The lowest BCUT2D eigenvalue weighted by Crippen LogP contribution is -2.06. The number of aromatic carboxylic acids is 1. The van der Waals surface area contributed by atoms with E-state index in [4.69, 9.17) is 0 Å². The molecule has 17 heavy (non-hydrogen) atoms. The largest absolute Gasteiger partial charge is 0.478 e. The topological polar surface area (TPSA) is 42.2 Å². The highest BCUT2D eigenvalue weighted by molar-refractivity contribution is 9.10. The molecule has 1 unspecified atom stereocenters. The van der Waals surface area contributed by atoms with Crippen molar-refractivity contribution >= 4 is 21.9 Å². The number of allylic oxidation sites excluding steroid dienone is 1. The number of hydrogen-bond acceptors (Lipinski definition) is 1. The van der Waals surface area contributed by atoms with E-state index >= 15 is 0 Å². The van der Waals surface area contributed by atoms with Crippen LogP contribution in [0.2, 0.25) is 0 Å². The van der Waals surface area contributed by atoms with Gasteiger partial charge in [-0.05, 0) is 35.2 Å². The SMILES string of the molecule is C=CCn1c(C)c(C(=O)O)c(Br)c1C(C)CC. The van der Waals surface area contributed by atoms with Gasteiger partial charge in [0.2, 0.25) is 0 Å². The molecule has 0 bridgehead atoms. The molecule has 0 spiro atoms. The molecule has 1 N–H and O–H groups in total. The van der Waals surface area contributed by atoms with Crippen LogP contribution in [0.25, 0.3) is 0 Å². The van der Waals surface area contributed by atoms with Gasteiger partial charge < -0.3 is 9.67 Å². The molecule has 0 aliphatic carbocycles. The molecule has 0 radical (unpaired) electrons. The van der Waals surface area contributed by atoms with Gasteiger partial charge in [0.15, 0.2) is 0 Å². The third kappa shape index (κ3) is 2.46. The molecule has 0 saturated carbocycles. The number of carboxylic acid groups (broad SMARTS) is 1. The molecule has 94 valence electrons. The standard InChI is InChI=1S/C13H18BrNO2/c1-5-7-15-9(4)10(13(16)17)11(14)12(15)8(3)6-2/h5,8H,1,6-7H2,2-4H3,(H,16,17). The quantitative estimate of drug-likeness (QED) is 0.836. The van der Waals surface area contributed by atoms with E-state index in [2.05, 4.69) is 36.4 Å². The first-order chi connectivity index (χ1) is 7.95. The Morgan fingerprint density at radius 1 is 1.65 bits per heavy atom. The second-order valence-corrected chi connectivity index (χ2v) is 4.97. The Morgan fingerprint density at radius 3 is 2.65 bits per heavy atom. The summed E-state index contributed by atoms with van der Waals surface area (Å²) in [4.78, 5) is 11.3. The van der Waals surface area contributed by atoms with E-state index < -0.39 is 5.97 Å². The minimum absolute atomic E-state index is 0.316. The molecule has 3 nitrogen and oxygen atoms in total. The molecule has 1 atom stereocenters. The minimum Gasteiger partial charge on any atom is -0.478 e. The van der Waals surface area contributed by atoms with Crippen LogP contribution in [-0.4, -0.2) is 15.6 Å². The third-order valence-electron chi connectivity index (χ3n) is 3.11. The van der Waals surface area contributed by atoms with Gasteiger partial charge in [0.1, 0.15) is 0 Å². The Hall–Kier alpha value is -1.03. The summed E-state index contributed by atoms with van der Waals surface area (Å²) in [6, 6.07) is 0. The third-order valence-corrected chi connectivity index (χ3v) is 3.91. The molecule has 0 amide bonds. The normalized spacial score (nSPS) is 12.5. The summed E-state index contributed by atoms with van der Waals surface area (Å²) in [7, 11) is 0. The van der Waals surface area contributed by atoms with Gasteiger partial charge in [0.25, 0.3) is 0 Å². The van der Waals surface area contributed by atoms with E-state index in [1.54, 1.807) is 6.08 Å². The van der Waals surface area contributed by atoms with Gasteiger partial charge in [-0.1, -0.05) is 19.9 Å².